The summed E-state index contributed by atoms with van der Waals surface area (Å²) in [4.78, 5) is 31.9. The molecule has 0 radical (unpaired) electrons. The Morgan fingerprint density at radius 2 is 2.00 bits per heavy atom. The Hall–Kier alpha value is -3.35. The number of nitrogens with zero attached hydrogens (tertiary/aromatic N) is 3. The van der Waals surface area contributed by atoms with Crippen molar-refractivity contribution in [2.24, 2.45) is 0 Å². The first-order valence-corrected chi connectivity index (χ1v) is 9.38. The van der Waals surface area contributed by atoms with Gasteiger partial charge in [0.25, 0.3) is 11.8 Å². The number of furan rings is 1. The van der Waals surface area contributed by atoms with Gasteiger partial charge in [0.15, 0.2) is 11.5 Å². The van der Waals surface area contributed by atoms with Gasteiger partial charge in [-0.1, -0.05) is 18.2 Å². The van der Waals surface area contributed by atoms with Gasteiger partial charge in [-0.15, -0.1) is 0 Å². The predicted molar refractivity (Wildman–Crippen MR) is 104 cm³/mol. The lowest BCUT2D eigenvalue weighted by atomic mass is 10.1. The average molecular weight is 378 g/mol. The molecule has 7 heteroatoms. The van der Waals surface area contributed by atoms with Crippen molar-refractivity contribution in [3.05, 3.63) is 71.7 Å². The number of fused-ring (bicyclic) bond motifs is 1. The molecule has 7 nitrogen and oxygen atoms in total. The van der Waals surface area contributed by atoms with Crippen LogP contribution in [0.5, 0.6) is 0 Å². The van der Waals surface area contributed by atoms with E-state index in [0.29, 0.717) is 18.0 Å². The van der Waals surface area contributed by atoms with E-state index >= 15 is 0 Å². The highest BCUT2D eigenvalue weighted by Gasteiger charge is 2.29. The molecule has 2 aromatic heterocycles. The van der Waals surface area contributed by atoms with Crippen LogP contribution in [0.25, 0.3) is 0 Å². The number of para-hydroxylation sites is 1. The number of carbonyl (C=O) groups excluding carboxylic acids is 2. The number of aromatic nitrogens is 2. The number of benzene rings is 1. The van der Waals surface area contributed by atoms with Gasteiger partial charge in [0.05, 0.1) is 18.5 Å². The number of nitrogens with one attached hydrogen (secondary N) is 1. The summed E-state index contributed by atoms with van der Waals surface area (Å²) < 4.78 is 7.14. The minimum atomic E-state index is -0.305. The minimum Gasteiger partial charge on any atom is -0.467 e. The maximum Gasteiger partial charge on any atom is 0.287 e. The van der Waals surface area contributed by atoms with E-state index in [4.69, 9.17) is 4.42 Å². The van der Waals surface area contributed by atoms with Gasteiger partial charge in [0.2, 0.25) is 0 Å². The molecule has 0 spiro atoms. The van der Waals surface area contributed by atoms with Crippen LogP contribution in [0, 0.1) is 0 Å². The smallest absolute Gasteiger partial charge is 0.287 e. The van der Waals surface area contributed by atoms with E-state index < -0.39 is 0 Å². The predicted octanol–water partition coefficient (Wildman–Crippen LogP) is 3.02. The standard InChI is InChI=1S/C21H22N4O3/c1-24(15-8-3-2-4-9-15)21(27)18-17-11-5-6-12-25(17)19(23-18)20(26)22-14-16-10-7-13-28-16/h2-4,7-10,13H,5-6,11-12,14H2,1H3,(H,22,26). The lowest BCUT2D eigenvalue weighted by Gasteiger charge is -2.19. The van der Waals surface area contributed by atoms with Crippen molar-refractivity contribution in [3.8, 4) is 0 Å². The molecule has 0 atom stereocenters. The molecule has 0 fully saturated rings. The second-order valence-corrected chi connectivity index (χ2v) is 6.80. The molecule has 0 unspecified atom stereocenters. The molecular formula is C21H22N4O3. The Kier molecular flexibility index (Phi) is 4.97. The Morgan fingerprint density at radius 1 is 1.18 bits per heavy atom. The number of amides is 2. The lowest BCUT2D eigenvalue weighted by Crippen LogP contribution is -2.28. The van der Waals surface area contributed by atoms with Gasteiger partial charge in [0.1, 0.15) is 5.76 Å². The molecule has 1 aliphatic rings. The summed E-state index contributed by atoms with van der Waals surface area (Å²) >= 11 is 0. The monoisotopic (exact) mass is 378 g/mol. The fraction of sp³-hybridized carbons (Fsp3) is 0.286. The first-order chi connectivity index (χ1) is 13.6. The molecule has 144 valence electrons. The molecular weight excluding hydrogens is 356 g/mol. The molecule has 3 aromatic rings. The van der Waals surface area contributed by atoms with Gasteiger partial charge < -0.3 is 19.2 Å². The molecule has 1 aromatic carbocycles. The Balaban J connectivity index is 1.61. The van der Waals surface area contributed by atoms with Crippen molar-refractivity contribution in [1.82, 2.24) is 14.9 Å². The van der Waals surface area contributed by atoms with Crippen molar-refractivity contribution in [3.63, 3.8) is 0 Å². The number of rotatable bonds is 5. The van der Waals surface area contributed by atoms with Gasteiger partial charge in [-0.05, 0) is 43.5 Å². The highest BCUT2D eigenvalue weighted by molar-refractivity contribution is 6.06. The number of anilines is 1. The van der Waals surface area contributed by atoms with Crippen molar-refractivity contribution >= 4 is 17.5 Å². The summed E-state index contributed by atoms with van der Waals surface area (Å²) in [6.07, 6.45) is 4.25. The zero-order valence-electron chi connectivity index (χ0n) is 15.7. The normalized spacial score (nSPS) is 13.0. The molecule has 0 aliphatic carbocycles. The van der Waals surface area contributed by atoms with Crippen LogP contribution in [-0.4, -0.2) is 28.4 Å². The topological polar surface area (TPSA) is 80.4 Å². The SMILES string of the molecule is CN(C(=O)c1nc(C(=O)NCc2ccco2)n2c1CCCC2)c1ccccc1. The van der Waals surface area contributed by atoms with Crippen LogP contribution >= 0.6 is 0 Å². The maximum atomic E-state index is 13.1. The van der Waals surface area contributed by atoms with E-state index in [1.165, 1.54) is 0 Å². The molecule has 0 saturated carbocycles. The number of imidazole rings is 1. The molecule has 2 amide bonds. The molecule has 28 heavy (non-hydrogen) atoms. The molecule has 4 rings (SSSR count). The summed E-state index contributed by atoms with van der Waals surface area (Å²) in [5, 5.41) is 2.82. The van der Waals surface area contributed by atoms with E-state index in [2.05, 4.69) is 10.3 Å². The van der Waals surface area contributed by atoms with Crippen LogP contribution in [0.2, 0.25) is 0 Å². The van der Waals surface area contributed by atoms with Crippen LogP contribution in [0.3, 0.4) is 0 Å². The third-order valence-corrected chi connectivity index (χ3v) is 4.97. The third kappa shape index (κ3) is 3.43. The highest BCUT2D eigenvalue weighted by Crippen LogP contribution is 2.24. The largest absolute Gasteiger partial charge is 0.467 e. The van der Waals surface area contributed by atoms with Crippen molar-refractivity contribution in [2.45, 2.75) is 32.4 Å². The van der Waals surface area contributed by atoms with Crippen LogP contribution in [0.1, 0.15) is 45.4 Å². The summed E-state index contributed by atoms with van der Waals surface area (Å²) in [6, 6.07) is 13.0. The van der Waals surface area contributed by atoms with Gasteiger partial charge >= 0.3 is 0 Å². The van der Waals surface area contributed by atoms with Gasteiger partial charge in [-0.2, -0.15) is 0 Å². The third-order valence-electron chi connectivity index (χ3n) is 4.97. The molecule has 1 aliphatic heterocycles. The number of hydrogen-bond acceptors (Lipinski definition) is 4. The summed E-state index contributed by atoms with van der Waals surface area (Å²) in [7, 11) is 1.73. The summed E-state index contributed by atoms with van der Waals surface area (Å²) in [5.74, 6) is 0.438. The lowest BCUT2D eigenvalue weighted by molar-refractivity contribution is 0.0932. The van der Waals surface area contributed by atoms with E-state index in [-0.39, 0.29) is 24.2 Å². The Morgan fingerprint density at radius 3 is 2.75 bits per heavy atom. The minimum absolute atomic E-state index is 0.207. The summed E-state index contributed by atoms with van der Waals surface area (Å²) in [6.45, 7) is 0.968. The quantitative estimate of drug-likeness (QED) is 0.740. The Labute approximate surface area is 163 Å². The van der Waals surface area contributed by atoms with Crippen molar-refractivity contribution in [1.29, 1.82) is 0 Å². The molecule has 1 N–H and O–H groups in total. The van der Waals surface area contributed by atoms with E-state index in [0.717, 1.165) is 30.6 Å². The second-order valence-electron chi connectivity index (χ2n) is 6.80. The summed E-state index contributed by atoms with van der Waals surface area (Å²) in [5.41, 5.74) is 1.98. The van der Waals surface area contributed by atoms with Crippen LogP contribution in [-0.2, 0) is 19.5 Å². The van der Waals surface area contributed by atoms with Gasteiger partial charge in [-0.3, -0.25) is 9.59 Å². The van der Waals surface area contributed by atoms with E-state index in [1.807, 2.05) is 34.9 Å². The number of hydrogen-bond donors (Lipinski definition) is 1. The van der Waals surface area contributed by atoms with Crippen LogP contribution in [0.4, 0.5) is 5.69 Å². The molecule has 0 saturated heterocycles. The second kappa shape index (κ2) is 7.72. The van der Waals surface area contributed by atoms with Crippen molar-refractivity contribution < 1.29 is 14.0 Å². The van der Waals surface area contributed by atoms with Crippen LogP contribution in [0.15, 0.2) is 53.1 Å². The van der Waals surface area contributed by atoms with Gasteiger partial charge in [-0.25, -0.2) is 4.98 Å². The van der Waals surface area contributed by atoms with Crippen molar-refractivity contribution in [2.75, 3.05) is 11.9 Å². The first kappa shape index (κ1) is 18.0. The van der Waals surface area contributed by atoms with Gasteiger partial charge in [0, 0.05) is 19.3 Å². The molecule has 0 bridgehead atoms. The maximum absolute atomic E-state index is 13.1. The first-order valence-electron chi connectivity index (χ1n) is 9.38. The van der Waals surface area contributed by atoms with E-state index in [1.54, 1.807) is 30.3 Å². The van der Waals surface area contributed by atoms with Crippen LogP contribution < -0.4 is 10.2 Å². The number of carbonyl (C=O) groups is 2. The fourth-order valence-corrected chi connectivity index (χ4v) is 3.47. The fourth-order valence-electron chi connectivity index (χ4n) is 3.47. The highest BCUT2D eigenvalue weighted by atomic mass is 16.3. The average Bonchev–Trinajstić information content (AvgIpc) is 3.39. The Bertz CT molecular complexity index is 977. The zero-order chi connectivity index (χ0) is 19.5. The van der Waals surface area contributed by atoms with E-state index in [9.17, 15) is 9.59 Å². The molecule has 3 heterocycles. The zero-order valence-corrected chi connectivity index (χ0v) is 15.7.